The zero-order valence-electron chi connectivity index (χ0n) is 18.8. The fraction of sp³-hybridized carbons (Fsp3) is 0.308. The van der Waals surface area contributed by atoms with Gasteiger partial charge in [-0.15, -0.1) is 0 Å². The number of fused-ring (bicyclic) bond motifs is 5. The van der Waals surface area contributed by atoms with Gasteiger partial charge >= 0.3 is 0 Å². The van der Waals surface area contributed by atoms with Crippen LogP contribution in [-0.2, 0) is 13.0 Å². The van der Waals surface area contributed by atoms with E-state index in [9.17, 15) is 13.2 Å². The summed E-state index contributed by atoms with van der Waals surface area (Å²) >= 11 is 0. The van der Waals surface area contributed by atoms with E-state index in [1.807, 2.05) is 23.8 Å². The number of pyridine rings is 1. The number of halogens is 3. The van der Waals surface area contributed by atoms with Gasteiger partial charge in [0.2, 0.25) is 0 Å². The molecule has 0 saturated carbocycles. The third-order valence-corrected chi connectivity index (χ3v) is 6.93. The van der Waals surface area contributed by atoms with Crippen LogP contribution >= 0.6 is 0 Å². The molecule has 0 bridgehead atoms. The van der Waals surface area contributed by atoms with E-state index in [1.54, 1.807) is 0 Å². The zero-order valence-corrected chi connectivity index (χ0v) is 18.8. The van der Waals surface area contributed by atoms with Crippen LogP contribution < -0.4 is 10.6 Å². The Hall–Kier alpha value is -3.39. The Bertz CT molecular complexity index is 1420. The molecule has 0 unspecified atom stereocenters. The lowest BCUT2D eigenvalue weighted by atomic mass is 9.94. The van der Waals surface area contributed by atoms with Gasteiger partial charge in [0.15, 0.2) is 11.6 Å². The van der Waals surface area contributed by atoms with Crippen LogP contribution in [0.2, 0.25) is 0 Å². The van der Waals surface area contributed by atoms with Crippen LogP contribution in [0.4, 0.5) is 18.9 Å². The topological polar surface area (TPSA) is 60.0 Å². The van der Waals surface area contributed by atoms with E-state index in [0.29, 0.717) is 29.8 Å². The van der Waals surface area contributed by atoms with E-state index in [2.05, 4.69) is 4.90 Å². The lowest BCUT2D eigenvalue weighted by molar-refractivity contribution is 0.501. The van der Waals surface area contributed by atoms with Gasteiger partial charge in [0.1, 0.15) is 11.6 Å². The van der Waals surface area contributed by atoms with Crippen molar-refractivity contribution in [1.82, 2.24) is 14.5 Å². The molecule has 6 rings (SSSR count). The zero-order chi connectivity index (χ0) is 23.6. The maximum Gasteiger partial charge on any atom is 0.161 e. The Morgan fingerprint density at radius 3 is 2.50 bits per heavy atom. The summed E-state index contributed by atoms with van der Waals surface area (Å²) in [7, 11) is 0. The summed E-state index contributed by atoms with van der Waals surface area (Å²) < 4.78 is 44.4. The van der Waals surface area contributed by atoms with E-state index in [-0.39, 0.29) is 11.9 Å². The van der Waals surface area contributed by atoms with Crippen molar-refractivity contribution in [3.8, 4) is 22.5 Å². The molecule has 174 valence electrons. The first kappa shape index (κ1) is 21.2. The molecule has 1 fully saturated rings. The number of rotatable bonds is 2. The number of hydrogen-bond donors (Lipinski definition) is 1. The number of nitrogens with two attached hydrogens (primary N) is 1. The highest BCUT2D eigenvalue weighted by Gasteiger charge is 2.31. The molecule has 1 saturated heterocycles. The maximum absolute atomic E-state index is 14.4. The molecule has 2 aromatic heterocycles. The Morgan fingerprint density at radius 1 is 0.971 bits per heavy atom. The van der Waals surface area contributed by atoms with E-state index >= 15 is 0 Å². The monoisotopic (exact) mass is 463 g/mol. The molecular formula is C26H24F3N5. The molecule has 0 amide bonds. The van der Waals surface area contributed by atoms with E-state index < -0.39 is 11.6 Å². The van der Waals surface area contributed by atoms with Gasteiger partial charge in [-0.25, -0.2) is 18.2 Å². The van der Waals surface area contributed by atoms with Gasteiger partial charge in [-0.2, -0.15) is 0 Å². The number of imidazole rings is 1. The van der Waals surface area contributed by atoms with Crippen LogP contribution in [0.5, 0.6) is 0 Å². The van der Waals surface area contributed by atoms with E-state index in [1.165, 1.54) is 18.2 Å². The van der Waals surface area contributed by atoms with Crippen LogP contribution in [0.15, 0.2) is 36.5 Å². The maximum atomic E-state index is 14.4. The first-order valence-electron chi connectivity index (χ1n) is 11.5. The Morgan fingerprint density at radius 2 is 1.74 bits per heavy atom. The normalized spacial score (nSPS) is 16.1. The van der Waals surface area contributed by atoms with Crippen LogP contribution in [0.25, 0.3) is 33.5 Å². The Labute approximate surface area is 195 Å². The van der Waals surface area contributed by atoms with Crippen molar-refractivity contribution in [1.29, 1.82) is 0 Å². The van der Waals surface area contributed by atoms with Crippen LogP contribution in [0, 0.1) is 24.4 Å². The van der Waals surface area contributed by atoms with Crippen molar-refractivity contribution in [2.24, 2.45) is 5.73 Å². The lowest BCUT2D eigenvalue weighted by Crippen LogP contribution is -2.40. The van der Waals surface area contributed by atoms with Crippen LogP contribution in [0.3, 0.4) is 0 Å². The van der Waals surface area contributed by atoms with Gasteiger partial charge in [-0.05, 0) is 43.0 Å². The highest BCUT2D eigenvalue weighted by Crippen LogP contribution is 2.44. The number of aromatic nitrogens is 3. The van der Waals surface area contributed by atoms with E-state index in [4.69, 9.17) is 15.7 Å². The highest BCUT2D eigenvalue weighted by atomic mass is 19.2. The largest absolute Gasteiger partial charge is 0.370 e. The molecule has 0 atom stereocenters. The van der Waals surface area contributed by atoms with Gasteiger partial charge < -0.3 is 15.2 Å². The standard InChI is InChI=1S/C26H24F3N5/c1-14-8-15(10-16(27)9-14)18-13-31-21-4-7-34-23-12-20(29)19(28)11-22(23)32-26(34)24(21)25(18)33-5-2-17(30)3-6-33/h8-13,17H,2-7,30H2,1H3. The minimum atomic E-state index is -0.921. The summed E-state index contributed by atoms with van der Waals surface area (Å²) in [6.45, 7) is 3.94. The van der Waals surface area contributed by atoms with Gasteiger partial charge in [-0.1, -0.05) is 6.07 Å². The average Bonchev–Trinajstić information content (AvgIpc) is 3.16. The Kier molecular flexibility index (Phi) is 4.88. The molecular weight excluding hydrogens is 439 g/mol. The van der Waals surface area contributed by atoms with Crippen molar-refractivity contribution in [3.63, 3.8) is 0 Å². The van der Waals surface area contributed by atoms with Crippen molar-refractivity contribution >= 4 is 16.7 Å². The quantitative estimate of drug-likeness (QED) is 0.456. The molecule has 2 aromatic carbocycles. The smallest absolute Gasteiger partial charge is 0.161 e. The fourth-order valence-corrected chi connectivity index (χ4v) is 5.27. The second-order valence-electron chi connectivity index (χ2n) is 9.28. The predicted octanol–water partition coefficient (Wildman–Crippen LogP) is 4.97. The number of anilines is 1. The molecule has 0 spiro atoms. The second kappa shape index (κ2) is 7.84. The Balaban J connectivity index is 1.63. The lowest BCUT2D eigenvalue weighted by Gasteiger charge is -2.36. The number of aryl methyl sites for hydroxylation is 3. The molecule has 34 heavy (non-hydrogen) atoms. The molecule has 2 N–H and O–H groups in total. The summed E-state index contributed by atoms with van der Waals surface area (Å²) in [6.07, 6.45) is 4.13. The summed E-state index contributed by atoms with van der Waals surface area (Å²) in [5, 5.41) is 0. The fourth-order valence-electron chi connectivity index (χ4n) is 5.27. The first-order valence-corrected chi connectivity index (χ1v) is 11.5. The number of nitrogens with zero attached hydrogens (tertiary/aromatic N) is 4. The van der Waals surface area contributed by atoms with Crippen molar-refractivity contribution in [3.05, 3.63) is 65.2 Å². The number of hydrogen-bond acceptors (Lipinski definition) is 4. The van der Waals surface area contributed by atoms with Crippen LogP contribution in [-0.4, -0.2) is 33.7 Å². The highest BCUT2D eigenvalue weighted by molar-refractivity contribution is 5.93. The van der Waals surface area contributed by atoms with E-state index in [0.717, 1.165) is 65.6 Å². The first-order chi connectivity index (χ1) is 16.4. The molecule has 0 aliphatic carbocycles. The molecule has 2 aliphatic heterocycles. The average molecular weight is 464 g/mol. The van der Waals surface area contributed by atoms with Crippen LogP contribution in [0.1, 0.15) is 24.1 Å². The SMILES string of the molecule is Cc1cc(F)cc(-c2cnc3c(c2N2CCC(N)CC2)-c2nc4cc(F)c(F)cc4n2CC3)c1. The molecule has 4 heterocycles. The molecule has 5 nitrogen and oxygen atoms in total. The summed E-state index contributed by atoms with van der Waals surface area (Å²) in [6, 6.07) is 7.46. The van der Waals surface area contributed by atoms with Crippen molar-refractivity contribution in [2.75, 3.05) is 18.0 Å². The number of benzene rings is 2. The van der Waals surface area contributed by atoms with Gasteiger partial charge in [0.05, 0.1) is 28.0 Å². The van der Waals surface area contributed by atoms with Gasteiger partial charge in [-0.3, -0.25) is 4.98 Å². The van der Waals surface area contributed by atoms with Gasteiger partial charge in [0, 0.05) is 56.0 Å². The molecule has 8 heteroatoms. The van der Waals surface area contributed by atoms with Gasteiger partial charge in [0.25, 0.3) is 0 Å². The molecule has 0 radical (unpaired) electrons. The summed E-state index contributed by atoms with van der Waals surface area (Å²) in [5.41, 5.74) is 12.2. The second-order valence-corrected chi connectivity index (χ2v) is 9.28. The third kappa shape index (κ3) is 3.36. The predicted molar refractivity (Wildman–Crippen MR) is 126 cm³/mol. The minimum absolute atomic E-state index is 0.143. The third-order valence-electron chi connectivity index (χ3n) is 6.93. The molecule has 2 aliphatic rings. The minimum Gasteiger partial charge on any atom is -0.370 e. The summed E-state index contributed by atoms with van der Waals surface area (Å²) in [4.78, 5) is 11.8. The molecule has 4 aromatic rings. The summed E-state index contributed by atoms with van der Waals surface area (Å²) in [5.74, 6) is -1.49. The number of piperidine rings is 1. The van der Waals surface area contributed by atoms with Crippen molar-refractivity contribution in [2.45, 2.75) is 38.8 Å². The van der Waals surface area contributed by atoms with Crippen molar-refractivity contribution < 1.29 is 13.2 Å².